The van der Waals surface area contributed by atoms with E-state index in [0.717, 1.165) is 40.4 Å². The average Bonchev–Trinajstić information content (AvgIpc) is 2.88. The van der Waals surface area contributed by atoms with E-state index in [1.54, 1.807) is 7.11 Å². The van der Waals surface area contributed by atoms with Gasteiger partial charge in [0.15, 0.2) is 5.78 Å². The molecule has 0 aromatic heterocycles. The van der Waals surface area contributed by atoms with E-state index >= 15 is 0 Å². The van der Waals surface area contributed by atoms with Crippen molar-refractivity contribution in [2.24, 2.45) is 0 Å². The second-order valence-electron chi connectivity index (χ2n) is 9.42. The van der Waals surface area contributed by atoms with Crippen LogP contribution < -0.4 is 14.8 Å². The van der Waals surface area contributed by atoms with E-state index < -0.39 is 5.92 Å². The molecule has 1 aliphatic carbocycles. The van der Waals surface area contributed by atoms with Crippen molar-refractivity contribution in [3.05, 3.63) is 82.2 Å². The van der Waals surface area contributed by atoms with Gasteiger partial charge in [0.25, 0.3) is 0 Å². The minimum atomic E-state index is -0.488. The van der Waals surface area contributed by atoms with Gasteiger partial charge in [-0.1, -0.05) is 31.2 Å². The van der Waals surface area contributed by atoms with Gasteiger partial charge in [0.1, 0.15) is 11.5 Å². The van der Waals surface area contributed by atoms with Gasteiger partial charge in [0.2, 0.25) is 0 Å². The molecule has 0 unspecified atom stereocenters. The highest BCUT2D eigenvalue weighted by Gasteiger charge is 2.41. The highest BCUT2D eigenvalue weighted by molar-refractivity contribution is 6.04. The lowest BCUT2D eigenvalue weighted by atomic mass is 9.71. The summed E-state index contributed by atoms with van der Waals surface area (Å²) in [5.41, 5.74) is 4.73. The smallest absolute Gasteiger partial charge is 0.337 e. The number of hydrogen-bond donors (Lipinski definition) is 1. The van der Waals surface area contributed by atoms with E-state index in [1.807, 2.05) is 76.2 Å². The minimum Gasteiger partial charge on any atom is -0.497 e. The number of allylic oxidation sites excluding steroid dienone is 3. The number of esters is 1. The Morgan fingerprint density at radius 2 is 1.64 bits per heavy atom. The van der Waals surface area contributed by atoms with E-state index in [-0.39, 0.29) is 23.8 Å². The van der Waals surface area contributed by atoms with Gasteiger partial charge >= 0.3 is 5.97 Å². The zero-order valence-corrected chi connectivity index (χ0v) is 21.7. The largest absolute Gasteiger partial charge is 0.497 e. The summed E-state index contributed by atoms with van der Waals surface area (Å²) in [5.74, 6) is 0.767. The quantitative estimate of drug-likeness (QED) is 0.473. The number of carbonyl (C=O) groups excluding carboxylic acids is 2. The molecule has 2 aromatic carbocycles. The molecule has 190 valence electrons. The lowest BCUT2D eigenvalue weighted by Gasteiger charge is -2.37. The first-order valence-corrected chi connectivity index (χ1v) is 12.7. The van der Waals surface area contributed by atoms with E-state index in [9.17, 15) is 9.59 Å². The van der Waals surface area contributed by atoms with Crippen LogP contribution >= 0.6 is 0 Å². The summed E-state index contributed by atoms with van der Waals surface area (Å²) in [6.07, 6.45) is 1.57. The summed E-state index contributed by atoms with van der Waals surface area (Å²) in [7, 11) is 1.64. The van der Waals surface area contributed by atoms with Gasteiger partial charge < -0.3 is 19.5 Å². The van der Waals surface area contributed by atoms with Gasteiger partial charge in [-0.05, 0) is 74.9 Å². The van der Waals surface area contributed by atoms with E-state index in [0.29, 0.717) is 30.6 Å². The maximum Gasteiger partial charge on any atom is 0.337 e. The molecular formula is C30H35NO5. The number of ether oxygens (including phenoxy) is 3. The molecule has 0 amide bonds. The standard InChI is InChI=1S/C30H35NO5/c1-6-18(3)36-30(33)27-19(4)31-25-16-22(20-8-12-23(34-5)13-9-20)17-26(32)29(25)28(27)21-10-14-24(15-11-21)35-7-2/h8-15,18,22,28,31H,6-7,16-17H2,1-5H3/t18-,22-,28+/m1/s1. The SMILES string of the molecule is CCOc1ccc([C@H]2C(C(=O)O[C@H](C)CC)=C(C)NC3=C2C(=O)C[C@H](c2ccc(OC)cc2)C3)cc1. The highest BCUT2D eigenvalue weighted by atomic mass is 16.5. The van der Waals surface area contributed by atoms with Crippen LogP contribution in [0.5, 0.6) is 11.5 Å². The summed E-state index contributed by atoms with van der Waals surface area (Å²) < 4.78 is 16.6. The molecule has 6 nitrogen and oxygen atoms in total. The summed E-state index contributed by atoms with van der Waals surface area (Å²) >= 11 is 0. The molecule has 0 radical (unpaired) electrons. The monoisotopic (exact) mass is 489 g/mol. The number of benzene rings is 2. The second-order valence-corrected chi connectivity index (χ2v) is 9.42. The summed E-state index contributed by atoms with van der Waals surface area (Å²) in [4.78, 5) is 27.1. The third kappa shape index (κ3) is 5.18. The first-order chi connectivity index (χ1) is 17.4. The third-order valence-electron chi connectivity index (χ3n) is 7.04. The predicted molar refractivity (Wildman–Crippen MR) is 139 cm³/mol. The molecule has 0 fully saturated rings. The number of carbonyl (C=O) groups is 2. The maximum atomic E-state index is 13.7. The van der Waals surface area contributed by atoms with Crippen molar-refractivity contribution in [3.63, 3.8) is 0 Å². The summed E-state index contributed by atoms with van der Waals surface area (Å²) in [6, 6.07) is 15.6. The minimum absolute atomic E-state index is 0.0461. The lowest BCUT2D eigenvalue weighted by molar-refractivity contribution is -0.144. The average molecular weight is 490 g/mol. The van der Waals surface area contributed by atoms with Gasteiger partial charge in [-0.3, -0.25) is 4.79 Å². The molecule has 0 bridgehead atoms. The van der Waals surface area contributed by atoms with Crippen LogP contribution in [0.15, 0.2) is 71.1 Å². The van der Waals surface area contributed by atoms with Crippen LogP contribution in [-0.4, -0.2) is 31.6 Å². The molecule has 3 atom stereocenters. The molecule has 6 heteroatoms. The van der Waals surface area contributed by atoms with Crippen molar-refractivity contribution >= 4 is 11.8 Å². The number of ketones is 1. The van der Waals surface area contributed by atoms with Crippen LogP contribution in [0.2, 0.25) is 0 Å². The first kappa shape index (κ1) is 25.5. The lowest BCUT2D eigenvalue weighted by Crippen LogP contribution is -2.36. The van der Waals surface area contributed by atoms with Crippen molar-refractivity contribution in [2.45, 2.75) is 64.9 Å². The molecular weight excluding hydrogens is 454 g/mol. The van der Waals surface area contributed by atoms with Gasteiger partial charge in [-0.2, -0.15) is 0 Å². The number of dihydropyridines is 1. The zero-order valence-electron chi connectivity index (χ0n) is 21.7. The van der Waals surface area contributed by atoms with Crippen molar-refractivity contribution in [1.29, 1.82) is 0 Å². The summed E-state index contributed by atoms with van der Waals surface area (Å²) in [5, 5.41) is 3.41. The van der Waals surface area contributed by atoms with Crippen LogP contribution in [0.25, 0.3) is 0 Å². The number of Topliss-reactive ketones (excluding diaryl/α,β-unsaturated/α-hetero) is 1. The maximum absolute atomic E-state index is 13.7. The number of rotatable bonds is 8. The fraction of sp³-hybridized carbons (Fsp3) is 0.400. The molecule has 4 rings (SSSR count). The first-order valence-electron chi connectivity index (χ1n) is 12.7. The molecule has 1 aliphatic heterocycles. The Labute approximate surface area is 213 Å². The Balaban J connectivity index is 1.74. The third-order valence-corrected chi connectivity index (χ3v) is 7.04. The van der Waals surface area contributed by atoms with E-state index in [1.165, 1.54) is 0 Å². The fourth-order valence-electron chi connectivity index (χ4n) is 5.01. The number of hydrogen-bond acceptors (Lipinski definition) is 6. The molecule has 1 heterocycles. The van der Waals surface area contributed by atoms with Crippen molar-refractivity contribution in [3.8, 4) is 11.5 Å². The predicted octanol–water partition coefficient (Wildman–Crippen LogP) is 5.80. The second kappa shape index (κ2) is 11.0. The van der Waals surface area contributed by atoms with Gasteiger partial charge in [-0.15, -0.1) is 0 Å². The Bertz CT molecular complexity index is 1180. The van der Waals surface area contributed by atoms with Crippen LogP contribution in [-0.2, 0) is 14.3 Å². The zero-order chi connectivity index (χ0) is 25.8. The van der Waals surface area contributed by atoms with Crippen LogP contribution in [0.3, 0.4) is 0 Å². The fourth-order valence-corrected chi connectivity index (χ4v) is 5.01. The topological polar surface area (TPSA) is 73.9 Å². The molecule has 2 aromatic rings. The van der Waals surface area contributed by atoms with Crippen LogP contribution in [0.1, 0.15) is 69.9 Å². The molecule has 36 heavy (non-hydrogen) atoms. The molecule has 1 N–H and O–H groups in total. The Morgan fingerprint density at radius 3 is 2.25 bits per heavy atom. The van der Waals surface area contributed by atoms with Crippen molar-refractivity contribution < 1.29 is 23.8 Å². The van der Waals surface area contributed by atoms with Crippen LogP contribution in [0, 0.1) is 0 Å². The van der Waals surface area contributed by atoms with Crippen molar-refractivity contribution in [2.75, 3.05) is 13.7 Å². The normalized spacial score (nSPS) is 20.4. The number of methoxy groups -OCH3 is 1. The van der Waals surface area contributed by atoms with Gasteiger partial charge in [0, 0.05) is 29.3 Å². The van der Waals surface area contributed by atoms with Gasteiger partial charge in [0.05, 0.1) is 25.4 Å². The highest BCUT2D eigenvalue weighted by Crippen LogP contribution is 2.46. The molecule has 0 saturated carbocycles. The summed E-state index contributed by atoms with van der Waals surface area (Å²) in [6.45, 7) is 8.25. The Hall–Kier alpha value is -3.54. The van der Waals surface area contributed by atoms with Gasteiger partial charge in [-0.25, -0.2) is 4.79 Å². The Morgan fingerprint density at radius 1 is 1.00 bits per heavy atom. The number of nitrogens with one attached hydrogen (secondary N) is 1. The van der Waals surface area contributed by atoms with Crippen molar-refractivity contribution in [1.82, 2.24) is 5.32 Å². The molecule has 0 spiro atoms. The van der Waals surface area contributed by atoms with Crippen LogP contribution in [0.4, 0.5) is 0 Å². The molecule has 0 saturated heterocycles. The Kier molecular flexibility index (Phi) is 7.82. The van der Waals surface area contributed by atoms with E-state index in [2.05, 4.69) is 5.32 Å². The van der Waals surface area contributed by atoms with E-state index in [4.69, 9.17) is 14.2 Å². The molecule has 2 aliphatic rings.